The molecule has 0 amide bonds. The van der Waals surface area contributed by atoms with Crippen molar-refractivity contribution in [2.45, 2.75) is 26.7 Å². The molecule has 24 heavy (non-hydrogen) atoms. The Balaban J connectivity index is 0.000000198. The van der Waals surface area contributed by atoms with Crippen molar-refractivity contribution < 1.29 is 14.6 Å². The number of benzene rings is 2. The van der Waals surface area contributed by atoms with E-state index in [4.69, 9.17) is 21.1 Å². The summed E-state index contributed by atoms with van der Waals surface area (Å²) in [6.07, 6.45) is 0. The van der Waals surface area contributed by atoms with Gasteiger partial charge in [0.1, 0.15) is 22.8 Å². The Bertz CT molecular complexity index is 913. The van der Waals surface area contributed by atoms with E-state index in [1.165, 1.54) is 18.2 Å². The van der Waals surface area contributed by atoms with E-state index in [2.05, 4.69) is 0 Å². The average molecular weight is 347 g/mol. The van der Waals surface area contributed by atoms with Crippen LogP contribution in [0.4, 0.5) is 0 Å². The molecule has 0 aliphatic carbocycles. The van der Waals surface area contributed by atoms with E-state index in [0.29, 0.717) is 21.8 Å². The Morgan fingerprint density at radius 1 is 1.04 bits per heavy atom. The Morgan fingerprint density at radius 3 is 2.33 bits per heavy atom. The lowest BCUT2D eigenvalue weighted by molar-refractivity contribution is 0.470. The molecule has 3 aromatic rings. The molecule has 2 N–H and O–H groups in total. The molecular weight excluding hydrogens is 328 g/mol. The van der Waals surface area contributed by atoms with Crippen molar-refractivity contribution in [1.82, 2.24) is 0 Å². The smallest absolute Gasteiger partial charge is 0.192 e. The van der Waals surface area contributed by atoms with Gasteiger partial charge in [0.05, 0.1) is 10.4 Å². The molecule has 1 aromatic heterocycles. The van der Waals surface area contributed by atoms with Crippen LogP contribution in [0, 0.1) is 6.92 Å². The number of rotatable bonds is 1. The van der Waals surface area contributed by atoms with Crippen LogP contribution in [-0.4, -0.2) is 10.2 Å². The molecule has 0 bridgehead atoms. The maximum atomic E-state index is 11.7. The molecule has 5 heteroatoms. The first-order chi connectivity index (χ1) is 11.3. The maximum absolute atomic E-state index is 11.7. The predicted molar refractivity (Wildman–Crippen MR) is 96.1 cm³/mol. The minimum Gasteiger partial charge on any atom is -0.508 e. The average Bonchev–Trinajstić information content (AvgIpc) is 2.51. The van der Waals surface area contributed by atoms with Gasteiger partial charge in [0, 0.05) is 18.1 Å². The summed E-state index contributed by atoms with van der Waals surface area (Å²) in [4.78, 5) is 11.7. The topological polar surface area (TPSA) is 70.7 Å². The number of aryl methyl sites for hydroxylation is 1. The second-order valence-electron chi connectivity index (χ2n) is 5.80. The Labute approximate surface area is 144 Å². The Kier molecular flexibility index (Phi) is 5.52. The Morgan fingerprint density at radius 2 is 1.75 bits per heavy atom. The highest BCUT2D eigenvalue weighted by Gasteiger charge is 2.07. The third-order valence-electron chi connectivity index (χ3n) is 3.40. The molecule has 0 aliphatic heterocycles. The number of phenolic OH excluding ortho intramolecular Hbond substituents is 2. The predicted octanol–water partition coefficient (Wildman–Crippen LogP) is 4.98. The molecule has 0 radical (unpaired) electrons. The summed E-state index contributed by atoms with van der Waals surface area (Å²) in [5.41, 5.74) is 1.38. The highest BCUT2D eigenvalue weighted by molar-refractivity contribution is 6.31. The number of hydrogen-bond acceptors (Lipinski definition) is 4. The molecule has 3 rings (SSSR count). The van der Waals surface area contributed by atoms with Gasteiger partial charge in [-0.25, -0.2) is 0 Å². The zero-order chi connectivity index (χ0) is 17.9. The molecule has 0 unspecified atom stereocenters. The van der Waals surface area contributed by atoms with E-state index in [-0.39, 0.29) is 22.8 Å². The molecule has 2 aromatic carbocycles. The monoisotopic (exact) mass is 346 g/mol. The number of halogens is 1. The van der Waals surface area contributed by atoms with Crippen LogP contribution in [0.5, 0.6) is 11.5 Å². The standard InChI is InChI=1S/C12H12O3.C7H7ClO/c1-7(2)11-6-10(14)9-4-3-8(13)5-12(9)15-11;1-5-2-3-6(8)7(9)4-5/h3-7,13H,1-2H3;2-4,9H,1H3. The lowest BCUT2D eigenvalue weighted by Gasteiger charge is -2.05. The van der Waals surface area contributed by atoms with Gasteiger partial charge in [-0.1, -0.05) is 31.5 Å². The number of aromatic hydroxyl groups is 2. The first-order valence-electron chi connectivity index (χ1n) is 7.50. The molecule has 0 aliphatic rings. The lowest BCUT2D eigenvalue weighted by Crippen LogP contribution is -2.02. The Hall–Kier alpha value is -2.46. The molecule has 0 atom stereocenters. The van der Waals surface area contributed by atoms with Crippen LogP contribution >= 0.6 is 11.6 Å². The molecule has 126 valence electrons. The van der Waals surface area contributed by atoms with Gasteiger partial charge in [-0.2, -0.15) is 0 Å². The van der Waals surface area contributed by atoms with Gasteiger partial charge in [-0.05, 0) is 36.8 Å². The summed E-state index contributed by atoms with van der Waals surface area (Å²) in [6.45, 7) is 5.80. The van der Waals surface area contributed by atoms with Crippen LogP contribution in [0.3, 0.4) is 0 Å². The van der Waals surface area contributed by atoms with Crippen molar-refractivity contribution in [3.05, 3.63) is 69.0 Å². The van der Waals surface area contributed by atoms with E-state index in [0.717, 1.165) is 5.56 Å². The first kappa shape index (κ1) is 17.9. The maximum Gasteiger partial charge on any atom is 0.192 e. The zero-order valence-electron chi connectivity index (χ0n) is 13.7. The van der Waals surface area contributed by atoms with Crippen molar-refractivity contribution in [1.29, 1.82) is 0 Å². The fourth-order valence-electron chi connectivity index (χ4n) is 2.07. The number of phenols is 2. The van der Waals surface area contributed by atoms with E-state index in [1.54, 1.807) is 18.2 Å². The third-order valence-corrected chi connectivity index (χ3v) is 3.72. The van der Waals surface area contributed by atoms with E-state index >= 15 is 0 Å². The van der Waals surface area contributed by atoms with Gasteiger partial charge < -0.3 is 14.6 Å². The summed E-state index contributed by atoms with van der Waals surface area (Å²) in [5.74, 6) is 1.05. The van der Waals surface area contributed by atoms with Crippen LogP contribution in [0.15, 0.2) is 51.7 Å². The summed E-state index contributed by atoms with van der Waals surface area (Å²) >= 11 is 5.53. The summed E-state index contributed by atoms with van der Waals surface area (Å²) in [5, 5.41) is 19.2. The molecule has 0 spiro atoms. The molecular formula is C19H19ClO4. The van der Waals surface area contributed by atoms with Crippen molar-refractivity contribution in [2.24, 2.45) is 0 Å². The van der Waals surface area contributed by atoms with Gasteiger partial charge in [-0.3, -0.25) is 4.79 Å². The van der Waals surface area contributed by atoms with Crippen LogP contribution in [-0.2, 0) is 0 Å². The van der Waals surface area contributed by atoms with E-state index in [9.17, 15) is 9.90 Å². The van der Waals surface area contributed by atoms with Crippen molar-refractivity contribution in [3.63, 3.8) is 0 Å². The normalized spacial score (nSPS) is 10.5. The molecule has 0 saturated heterocycles. The van der Waals surface area contributed by atoms with Gasteiger partial charge in [-0.15, -0.1) is 0 Å². The van der Waals surface area contributed by atoms with Gasteiger partial charge in [0.25, 0.3) is 0 Å². The van der Waals surface area contributed by atoms with Crippen LogP contribution in [0.2, 0.25) is 5.02 Å². The molecule has 0 saturated carbocycles. The minimum absolute atomic E-state index is 0.0695. The van der Waals surface area contributed by atoms with Gasteiger partial charge in [0.15, 0.2) is 5.43 Å². The van der Waals surface area contributed by atoms with Gasteiger partial charge >= 0.3 is 0 Å². The fraction of sp³-hybridized carbons (Fsp3) is 0.211. The minimum atomic E-state index is -0.0695. The van der Waals surface area contributed by atoms with Crippen molar-refractivity contribution in [3.8, 4) is 11.5 Å². The van der Waals surface area contributed by atoms with Gasteiger partial charge in [0.2, 0.25) is 0 Å². The van der Waals surface area contributed by atoms with Crippen LogP contribution in [0.1, 0.15) is 31.1 Å². The molecule has 0 fully saturated rings. The first-order valence-corrected chi connectivity index (χ1v) is 7.87. The molecule has 4 nitrogen and oxygen atoms in total. The second kappa shape index (κ2) is 7.41. The van der Waals surface area contributed by atoms with E-state index in [1.807, 2.05) is 26.8 Å². The van der Waals surface area contributed by atoms with Crippen molar-refractivity contribution >= 4 is 22.6 Å². The summed E-state index contributed by atoms with van der Waals surface area (Å²) < 4.78 is 5.52. The highest BCUT2D eigenvalue weighted by atomic mass is 35.5. The number of hydrogen-bond donors (Lipinski definition) is 2. The lowest BCUT2D eigenvalue weighted by atomic mass is 10.1. The fourth-order valence-corrected chi connectivity index (χ4v) is 2.19. The van der Waals surface area contributed by atoms with Crippen molar-refractivity contribution in [2.75, 3.05) is 0 Å². The quantitative estimate of drug-likeness (QED) is 0.652. The zero-order valence-corrected chi connectivity index (χ0v) is 14.5. The van der Waals surface area contributed by atoms with Crippen LogP contribution < -0.4 is 5.43 Å². The third kappa shape index (κ3) is 4.30. The summed E-state index contributed by atoms with van der Waals surface area (Å²) in [6, 6.07) is 11.2. The summed E-state index contributed by atoms with van der Waals surface area (Å²) in [7, 11) is 0. The largest absolute Gasteiger partial charge is 0.508 e. The number of fused-ring (bicyclic) bond motifs is 1. The van der Waals surface area contributed by atoms with Crippen LogP contribution in [0.25, 0.3) is 11.0 Å². The molecule has 1 heterocycles. The van der Waals surface area contributed by atoms with E-state index < -0.39 is 0 Å². The second-order valence-corrected chi connectivity index (χ2v) is 6.21. The highest BCUT2D eigenvalue weighted by Crippen LogP contribution is 2.23. The SMILES string of the molecule is CC(C)c1cc(=O)c2ccc(O)cc2o1.Cc1ccc(Cl)c(O)c1.